The third-order valence-electron chi connectivity index (χ3n) is 6.61. The molecule has 178 valence electrons. The summed E-state index contributed by atoms with van der Waals surface area (Å²) in [5.41, 5.74) is 3.20. The summed E-state index contributed by atoms with van der Waals surface area (Å²) in [6, 6.07) is 15.4. The van der Waals surface area contributed by atoms with Gasteiger partial charge in [0.2, 0.25) is 5.91 Å². The first kappa shape index (κ1) is 24.8. The van der Waals surface area contributed by atoms with Crippen LogP contribution >= 0.6 is 0 Å². The van der Waals surface area contributed by atoms with Crippen LogP contribution < -0.4 is 10.1 Å². The van der Waals surface area contributed by atoms with Gasteiger partial charge in [-0.1, -0.05) is 75.6 Å². The van der Waals surface area contributed by atoms with Crippen molar-refractivity contribution in [1.82, 2.24) is 10.2 Å². The van der Waals surface area contributed by atoms with Crippen LogP contribution in [-0.4, -0.2) is 35.4 Å². The molecule has 3 rings (SSSR count). The Morgan fingerprint density at radius 3 is 2.36 bits per heavy atom. The molecule has 2 aromatic carbocycles. The van der Waals surface area contributed by atoms with Crippen LogP contribution in [0, 0.1) is 6.92 Å². The molecule has 1 fully saturated rings. The van der Waals surface area contributed by atoms with E-state index in [2.05, 4.69) is 19.2 Å². The maximum absolute atomic E-state index is 13.4. The van der Waals surface area contributed by atoms with E-state index in [-0.39, 0.29) is 24.5 Å². The zero-order chi connectivity index (χ0) is 23.8. The van der Waals surface area contributed by atoms with Crippen LogP contribution in [0.5, 0.6) is 5.75 Å². The van der Waals surface area contributed by atoms with E-state index in [1.165, 1.54) is 6.42 Å². The van der Waals surface area contributed by atoms with Crippen molar-refractivity contribution in [2.24, 2.45) is 0 Å². The highest BCUT2D eigenvalue weighted by molar-refractivity contribution is 5.88. The molecule has 0 radical (unpaired) electrons. The number of aryl methyl sites for hydroxylation is 1. The molecule has 1 aliphatic carbocycles. The third-order valence-corrected chi connectivity index (χ3v) is 6.61. The quantitative estimate of drug-likeness (QED) is 0.559. The topological polar surface area (TPSA) is 58.6 Å². The van der Waals surface area contributed by atoms with E-state index in [1.54, 1.807) is 4.90 Å². The third kappa shape index (κ3) is 6.83. The normalized spacial score (nSPS) is 15.2. The van der Waals surface area contributed by atoms with Gasteiger partial charge >= 0.3 is 0 Å². The molecule has 0 spiro atoms. The molecule has 0 aliphatic heterocycles. The Kier molecular flexibility index (Phi) is 8.93. The Hall–Kier alpha value is -2.82. The molecule has 1 N–H and O–H groups in total. The van der Waals surface area contributed by atoms with Crippen LogP contribution in [0.1, 0.15) is 75.5 Å². The van der Waals surface area contributed by atoms with E-state index in [0.717, 1.165) is 48.1 Å². The molecule has 1 aliphatic rings. The van der Waals surface area contributed by atoms with Crippen molar-refractivity contribution in [1.29, 1.82) is 0 Å². The molecular formula is C28H38N2O3. The summed E-state index contributed by atoms with van der Waals surface area (Å²) in [6.07, 6.45) is 5.55. The van der Waals surface area contributed by atoms with Crippen molar-refractivity contribution in [3.8, 4) is 5.75 Å². The summed E-state index contributed by atoms with van der Waals surface area (Å²) in [4.78, 5) is 28.1. The first-order valence-corrected chi connectivity index (χ1v) is 12.2. The number of rotatable bonds is 9. The van der Waals surface area contributed by atoms with E-state index in [0.29, 0.717) is 12.5 Å². The first-order chi connectivity index (χ1) is 15.9. The molecule has 2 amide bonds. The van der Waals surface area contributed by atoms with Crippen LogP contribution in [0.2, 0.25) is 0 Å². The molecule has 5 heteroatoms. The average molecular weight is 451 g/mol. The Balaban J connectivity index is 1.75. The molecule has 2 aromatic rings. The van der Waals surface area contributed by atoms with E-state index < -0.39 is 6.04 Å². The number of para-hydroxylation sites is 1. The van der Waals surface area contributed by atoms with Gasteiger partial charge in [-0.25, -0.2) is 0 Å². The highest BCUT2D eigenvalue weighted by Gasteiger charge is 2.29. The van der Waals surface area contributed by atoms with Gasteiger partial charge in [-0.15, -0.1) is 0 Å². The first-order valence-electron chi connectivity index (χ1n) is 12.2. The average Bonchev–Trinajstić information content (AvgIpc) is 2.82. The van der Waals surface area contributed by atoms with E-state index >= 15 is 0 Å². The van der Waals surface area contributed by atoms with Crippen molar-refractivity contribution in [3.63, 3.8) is 0 Å². The second kappa shape index (κ2) is 11.9. The number of nitrogens with one attached hydrogen (secondary N) is 1. The smallest absolute Gasteiger partial charge is 0.261 e. The molecule has 1 saturated carbocycles. The van der Waals surface area contributed by atoms with Gasteiger partial charge in [0.15, 0.2) is 6.61 Å². The minimum absolute atomic E-state index is 0.0913. The lowest BCUT2D eigenvalue weighted by Crippen LogP contribution is -2.51. The van der Waals surface area contributed by atoms with Crippen LogP contribution in [0.4, 0.5) is 0 Å². The summed E-state index contributed by atoms with van der Waals surface area (Å²) >= 11 is 0. The van der Waals surface area contributed by atoms with Gasteiger partial charge in [-0.05, 0) is 55.4 Å². The van der Waals surface area contributed by atoms with E-state index in [9.17, 15) is 9.59 Å². The number of carbonyl (C=O) groups is 2. The number of nitrogens with zero attached hydrogens (tertiary/aromatic N) is 1. The summed E-state index contributed by atoms with van der Waals surface area (Å²) in [6.45, 7) is 8.32. The molecule has 1 unspecified atom stereocenters. The number of amides is 2. The number of hydrogen-bond donors (Lipinski definition) is 1. The summed E-state index contributed by atoms with van der Waals surface area (Å²) < 4.78 is 5.97. The van der Waals surface area contributed by atoms with Crippen molar-refractivity contribution in [2.75, 3.05) is 6.61 Å². The molecule has 0 bridgehead atoms. The van der Waals surface area contributed by atoms with Crippen LogP contribution in [0.25, 0.3) is 0 Å². The summed E-state index contributed by atoms with van der Waals surface area (Å²) in [5, 5.41) is 3.18. The lowest BCUT2D eigenvalue weighted by atomic mass is 9.95. The molecule has 1 atom stereocenters. The van der Waals surface area contributed by atoms with Gasteiger partial charge in [0.1, 0.15) is 11.8 Å². The summed E-state index contributed by atoms with van der Waals surface area (Å²) in [5.74, 6) is 0.727. The SMILES string of the molecule is Cc1ccccc1CN(C(=O)COc1ccccc1C(C)C)C(C)C(=O)NC1CCCCC1. The van der Waals surface area contributed by atoms with Crippen molar-refractivity contribution < 1.29 is 14.3 Å². The monoisotopic (exact) mass is 450 g/mol. The van der Waals surface area contributed by atoms with Gasteiger partial charge in [0, 0.05) is 12.6 Å². The van der Waals surface area contributed by atoms with Gasteiger partial charge in [0.05, 0.1) is 0 Å². The molecule has 0 saturated heterocycles. The Morgan fingerprint density at radius 1 is 1.00 bits per heavy atom. The molecular weight excluding hydrogens is 412 g/mol. The Morgan fingerprint density at radius 2 is 1.67 bits per heavy atom. The Bertz CT molecular complexity index is 934. The zero-order valence-electron chi connectivity index (χ0n) is 20.5. The van der Waals surface area contributed by atoms with Crippen molar-refractivity contribution >= 4 is 11.8 Å². The predicted octanol–water partition coefficient (Wildman–Crippen LogP) is 5.36. The van der Waals surface area contributed by atoms with Crippen LogP contribution in [0.3, 0.4) is 0 Å². The molecule has 5 nitrogen and oxygen atoms in total. The van der Waals surface area contributed by atoms with Crippen molar-refractivity contribution in [2.45, 2.75) is 84.3 Å². The minimum atomic E-state index is -0.581. The Labute approximate surface area is 198 Å². The highest BCUT2D eigenvalue weighted by atomic mass is 16.5. The largest absolute Gasteiger partial charge is 0.483 e. The number of ether oxygens (including phenoxy) is 1. The molecule has 0 aromatic heterocycles. The second-order valence-electron chi connectivity index (χ2n) is 9.45. The fraction of sp³-hybridized carbons (Fsp3) is 0.500. The standard InChI is InChI=1S/C28H38N2O3/c1-20(2)25-16-10-11-17-26(25)33-19-27(31)30(18-23-13-9-8-12-21(23)3)22(4)28(32)29-24-14-6-5-7-15-24/h8-13,16-17,20,22,24H,5-7,14-15,18-19H2,1-4H3,(H,29,32). The van der Waals surface area contributed by atoms with Gasteiger partial charge in [0.25, 0.3) is 5.91 Å². The number of carbonyl (C=O) groups excluding carboxylic acids is 2. The minimum Gasteiger partial charge on any atom is -0.483 e. The fourth-order valence-electron chi connectivity index (χ4n) is 4.43. The maximum Gasteiger partial charge on any atom is 0.261 e. The molecule has 33 heavy (non-hydrogen) atoms. The molecule has 0 heterocycles. The lowest BCUT2D eigenvalue weighted by molar-refractivity contribution is -0.142. The van der Waals surface area contributed by atoms with Crippen LogP contribution in [-0.2, 0) is 16.1 Å². The lowest BCUT2D eigenvalue weighted by Gasteiger charge is -2.31. The predicted molar refractivity (Wildman–Crippen MR) is 132 cm³/mol. The second-order valence-corrected chi connectivity index (χ2v) is 9.45. The maximum atomic E-state index is 13.4. The van der Waals surface area contributed by atoms with Crippen molar-refractivity contribution in [3.05, 3.63) is 65.2 Å². The van der Waals surface area contributed by atoms with Gasteiger partial charge < -0.3 is 15.0 Å². The summed E-state index contributed by atoms with van der Waals surface area (Å²) in [7, 11) is 0. The van der Waals surface area contributed by atoms with E-state index in [1.807, 2.05) is 62.4 Å². The highest BCUT2D eigenvalue weighted by Crippen LogP contribution is 2.26. The van der Waals surface area contributed by atoms with Gasteiger partial charge in [-0.3, -0.25) is 9.59 Å². The fourth-order valence-corrected chi connectivity index (χ4v) is 4.43. The number of benzene rings is 2. The van der Waals surface area contributed by atoms with Gasteiger partial charge in [-0.2, -0.15) is 0 Å². The van der Waals surface area contributed by atoms with Crippen LogP contribution in [0.15, 0.2) is 48.5 Å². The number of hydrogen-bond acceptors (Lipinski definition) is 3. The van der Waals surface area contributed by atoms with E-state index in [4.69, 9.17) is 4.74 Å². The zero-order valence-corrected chi connectivity index (χ0v) is 20.5.